The van der Waals surface area contributed by atoms with Crippen LogP contribution in [0.25, 0.3) is 0 Å². The number of carboxylic acid groups (broad SMARTS) is 1. The molecule has 0 amide bonds. The SMILES string of the molecule is Cc1ccc(C(O)CC(C)(C)C(=O)O)s1. The van der Waals surface area contributed by atoms with Crippen molar-refractivity contribution in [2.75, 3.05) is 0 Å². The lowest BCUT2D eigenvalue weighted by Gasteiger charge is -2.21. The zero-order chi connectivity index (χ0) is 11.6. The maximum absolute atomic E-state index is 10.9. The summed E-state index contributed by atoms with van der Waals surface area (Å²) >= 11 is 1.51. The fourth-order valence-electron chi connectivity index (χ4n) is 1.30. The van der Waals surface area contributed by atoms with Gasteiger partial charge >= 0.3 is 5.97 Å². The van der Waals surface area contributed by atoms with Gasteiger partial charge in [0.15, 0.2) is 0 Å². The molecule has 0 aromatic carbocycles. The van der Waals surface area contributed by atoms with Gasteiger partial charge in [-0.3, -0.25) is 4.79 Å². The van der Waals surface area contributed by atoms with Crippen LogP contribution in [0.15, 0.2) is 12.1 Å². The van der Waals surface area contributed by atoms with E-state index < -0.39 is 17.5 Å². The second kappa shape index (κ2) is 4.33. The van der Waals surface area contributed by atoms with Crippen LogP contribution in [0.1, 0.15) is 36.1 Å². The zero-order valence-electron chi connectivity index (χ0n) is 9.15. The van der Waals surface area contributed by atoms with Gasteiger partial charge in [0, 0.05) is 9.75 Å². The average Bonchev–Trinajstić information content (AvgIpc) is 2.50. The molecule has 0 aliphatic carbocycles. The molecule has 15 heavy (non-hydrogen) atoms. The lowest BCUT2D eigenvalue weighted by atomic mass is 9.86. The van der Waals surface area contributed by atoms with E-state index in [4.69, 9.17) is 5.11 Å². The highest BCUT2D eigenvalue weighted by molar-refractivity contribution is 7.12. The van der Waals surface area contributed by atoms with Crippen molar-refractivity contribution in [3.8, 4) is 0 Å². The first-order chi connectivity index (χ1) is 6.83. The number of thiophene rings is 1. The summed E-state index contributed by atoms with van der Waals surface area (Å²) in [5.41, 5.74) is -0.892. The van der Waals surface area contributed by atoms with Crippen molar-refractivity contribution in [3.63, 3.8) is 0 Å². The Bertz CT molecular complexity index is 354. The van der Waals surface area contributed by atoms with Crippen LogP contribution in [0.4, 0.5) is 0 Å². The van der Waals surface area contributed by atoms with E-state index in [0.717, 1.165) is 9.75 Å². The predicted molar refractivity (Wildman–Crippen MR) is 60.0 cm³/mol. The van der Waals surface area contributed by atoms with Gasteiger partial charge in [-0.1, -0.05) is 0 Å². The summed E-state index contributed by atoms with van der Waals surface area (Å²) in [6.45, 7) is 5.21. The Morgan fingerprint density at radius 2 is 2.13 bits per heavy atom. The highest BCUT2D eigenvalue weighted by Gasteiger charge is 2.30. The summed E-state index contributed by atoms with van der Waals surface area (Å²) in [7, 11) is 0. The fraction of sp³-hybridized carbons (Fsp3) is 0.545. The van der Waals surface area contributed by atoms with E-state index in [1.54, 1.807) is 13.8 Å². The van der Waals surface area contributed by atoms with Crippen LogP contribution in [-0.2, 0) is 4.79 Å². The number of hydrogen-bond acceptors (Lipinski definition) is 3. The van der Waals surface area contributed by atoms with E-state index in [2.05, 4.69) is 0 Å². The first-order valence-corrected chi connectivity index (χ1v) is 5.62. The molecule has 0 bridgehead atoms. The maximum Gasteiger partial charge on any atom is 0.309 e. The maximum atomic E-state index is 10.9. The smallest absolute Gasteiger partial charge is 0.309 e. The molecule has 0 aliphatic heterocycles. The molecule has 1 rings (SSSR count). The predicted octanol–water partition coefficient (Wildman–Crippen LogP) is 2.59. The van der Waals surface area contributed by atoms with Crippen molar-refractivity contribution in [1.29, 1.82) is 0 Å². The van der Waals surface area contributed by atoms with Crippen molar-refractivity contribution < 1.29 is 15.0 Å². The van der Waals surface area contributed by atoms with Gasteiger partial charge in [0.25, 0.3) is 0 Å². The molecule has 1 unspecified atom stereocenters. The van der Waals surface area contributed by atoms with Gasteiger partial charge in [0.1, 0.15) is 0 Å². The van der Waals surface area contributed by atoms with Crippen molar-refractivity contribution >= 4 is 17.3 Å². The number of aliphatic hydroxyl groups excluding tert-OH is 1. The van der Waals surface area contributed by atoms with Gasteiger partial charge in [-0.15, -0.1) is 11.3 Å². The Morgan fingerprint density at radius 3 is 2.53 bits per heavy atom. The first-order valence-electron chi connectivity index (χ1n) is 4.81. The highest BCUT2D eigenvalue weighted by atomic mass is 32.1. The van der Waals surface area contributed by atoms with E-state index in [-0.39, 0.29) is 6.42 Å². The second-order valence-electron chi connectivity index (χ2n) is 4.36. The molecule has 3 nitrogen and oxygen atoms in total. The van der Waals surface area contributed by atoms with E-state index in [9.17, 15) is 9.90 Å². The number of aliphatic hydroxyl groups is 1. The minimum absolute atomic E-state index is 0.238. The third-order valence-corrected chi connectivity index (χ3v) is 3.47. The van der Waals surface area contributed by atoms with Gasteiger partial charge in [0.2, 0.25) is 0 Å². The molecule has 0 saturated carbocycles. The number of aryl methyl sites for hydroxylation is 1. The number of carboxylic acids is 1. The third-order valence-electron chi connectivity index (χ3n) is 2.37. The van der Waals surface area contributed by atoms with Crippen LogP contribution in [0.5, 0.6) is 0 Å². The van der Waals surface area contributed by atoms with Gasteiger partial charge in [-0.05, 0) is 39.3 Å². The largest absolute Gasteiger partial charge is 0.481 e. The Kier molecular flexibility index (Phi) is 3.52. The molecule has 1 aromatic heterocycles. The lowest BCUT2D eigenvalue weighted by Crippen LogP contribution is -2.25. The number of aliphatic carboxylic acids is 1. The fourth-order valence-corrected chi connectivity index (χ4v) is 2.17. The monoisotopic (exact) mass is 228 g/mol. The van der Waals surface area contributed by atoms with Crippen molar-refractivity contribution in [2.45, 2.75) is 33.3 Å². The molecule has 1 aromatic rings. The normalized spacial score (nSPS) is 13.9. The molecular weight excluding hydrogens is 212 g/mol. The van der Waals surface area contributed by atoms with Crippen LogP contribution >= 0.6 is 11.3 Å². The van der Waals surface area contributed by atoms with Crippen molar-refractivity contribution in [1.82, 2.24) is 0 Å². The minimum atomic E-state index is -0.892. The minimum Gasteiger partial charge on any atom is -0.481 e. The molecule has 0 spiro atoms. The molecule has 0 saturated heterocycles. The summed E-state index contributed by atoms with van der Waals surface area (Å²) in [6.07, 6.45) is -0.447. The van der Waals surface area contributed by atoms with Crippen LogP contribution in [0, 0.1) is 12.3 Å². The summed E-state index contributed by atoms with van der Waals surface area (Å²) in [5, 5.41) is 18.8. The van der Waals surface area contributed by atoms with Gasteiger partial charge in [-0.25, -0.2) is 0 Å². The van der Waals surface area contributed by atoms with E-state index >= 15 is 0 Å². The Labute approximate surface area is 93.4 Å². The Hall–Kier alpha value is -0.870. The highest BCUT2D eigenvalue weighted by Crippen LogP contribution is 2.33. The first kappa shape index (κ1) is 12.2. The molecule has 0 fully saturated rings. The standard InChI is InChI=1S/C11H16O3S/c1-7-4-5-9(15-7)8(12)6-11(2,3)10(13)14/h4-5,8,12H,6H2,1-3H3,(H,13,14). The zero-order valence-corrected chi connectivity index (χ0v) is 9.97. The summed E-state index contributed by atoms with van der Waals surface area (Å²) < 4.78 is 0. The third kappa shape index (κ3) is 3.04. The van der Waals surface area contributed by atoms with Gasteiger partial charge < -0.3 is 10.2 Å². The molecule has 4 heteroatoms. The van der Waals surface area contributed by atoms with E-state index in [1.165, 1.54) is 11.3 Å². The molecule has 2 N–H and O–H groups in total. The quantitative estimate of drug-likeness (QED) is 0.832. The molecule has 1 atom stereocenters. The summed E-state index contributed by atoms with van der Waals surface area (Å²) in [6, 6.07) is 3.78. The summed E-state index contributed by atoms with van der Waals surface area (Å²) in [5.74, 6) is -0.880. The molecule has 0 aliphatic rings. The van der Waals surface area contributed by atoms with Crippen molar-refractivity contribution in [3.05, 3.63) is 21.9 Å². The molecule has 1 heterocycles. The molecular formula is C11H16O3S. The number of rotatable bonds is 4. The van der Waals surface area contributed by atoms with Crippen LogP contribution in [0.2, 0.25) is 0 Å². The Balaban J connectivity index is 2.71. The van der Waals surface area contributed by atoms with E-state index in [1.807, 2.05) is 19.1 Å². The topological polar surface area (TPSA) is 57.5 Å². The number of hydrogen-bond donors (Lipinski definition) is 2. The van der Waals surface area contributed by atoms with E-state index in [0.29, 0.717) is 0 Å². The van der Waals surface area contributed by atoms with Crippen LogP contribution < -0.4 is 0 Å². The lowest BCUT2D eigenvalue weighted by molar-refractivity contribution is -0.148. The second-order valence-corrected chi connectivity index (χ2v) is 5.68. The molecule has 84 valence electrons. The van der Waals surface area contributed by atoms with Gasteiger partial charge in [0.05, 0.1) is 11.5 Å². The number of carbonyl (C=O) groups is 1. The van der Waals surface area contributed by atoms with Crippen LogP contribution in [0.3, 0.4) is 0 Å². The molecule has 0 radical (unpaired) electrons. The van der Waals surface area contributed by atoms with Crippen LogP contribution in [-0.4, -0.2) is 16.2 Å². The Morgan fingerprint density at radius 1 is 1.53 bits per heavy atom. The average molecular weight is 228 g/mol. The van der Waals surface area contributed by atoms with Gasteiger partial charge in [-0.2, -0.15) is 0 Å². The summed E-state index contributed by atoms with van der Waals surface area (Å²) in [4.78, 5) is 12.8. The van der Waals surface area contributed by atoms with Crippen molar-refractivity contribution in [2.24, 2.45) is 5.41 Å².